The van der Waals surface area contributed by atoms with E-state index in [9.17, 15) is 8.42 Å². The number of piperazine rings is 1. The average Bonchev–Trinajstić information content (AvgIpc) is 3.19. The van der Waals surface area contributed by atoms with Crippen LogP contribution in [0.4, 0.5) is 0 Å². The average molecular weight is 346 g/mol. The molecule has 1 saturated heterocycles. The van der Waals surface area contributed by atoms with Crippen LogP contribution in [0.3, 0.4) is 0 Å². The van der Waals surface area contributed by atoms with E-state index in [4.69, 9.17) is 0 Å². The normalized spacial score (nSPS) is 31.0. The molecule has 0 aromatic heterocycles. The minimum atomic E-state index is -3.34. The maximum atomic E-state index is 12.8. The molecular formula is C19H26N2O2S. The summed E-state index contributed by atoms with van der Waals surface area (Å²) in [5, 5.41) is 0. The van der Waals surface area contributed by atoms with Gasteiger partial charge >= 0.3 is 0 Å². The fourth-order valence-corrected chi connectivity index (χ4v) is 5.87. The molecule has 1 aromatic carbocycles. The van der Waals surface area contributed by atoms with Crippen molar-refractivity contribution >= 4 is 10.0 Å². The van der Waals surface area contributed by atoms with Crippen molar-refractivity contribution < 1.29 is 8.42 Å². The van der Waals surface area contributed by atoms with Gasteiger partial charge in [0.25, 0.3) is 0 Å². The van der Waals surface area contributed by atoms with E-state index >= 15 is 0 Å². The Bertz CT molecular complexity index is 718. The summed E-state index contributed by atoms with van der Waals surface area (Å²) >= 11 is 0. The van der Waals surface area contributed by atoms with Crippen LogP contribution in [0.25, 0.3) is 0 Å². The van der Waals surface area contributed by atoms with E-state index in [0.29, 0.717) is 18.0 Å². The zero-order chi connectivity index (χ0) is 16.7. The first-order valence-electron chi connectivity index (χ1n) is 9.00. The Morgan fingerprint density at radius 3 is 2.29 bits per heavy atom. The molecule has 3 aliphatic rings. The summed E-state index contributed by atoms with van der Waals surface area (Å²) < 4.78 is 27.2. The summed E-state index contributed by atoms with van der Waals surface area (Å²) in [5.41, 5.74) is 1.08. The van der Waals surface area contributed by atoms with Crippen molar-refractivity contribution in [2.75, 3.05) is 32.7 Å². The summed E-state index contributed by atoms with van der Waals surface area (Å²) in [6.07, 6.45) is 7.44. The van der Waals surface area contributed by atoms with Crippen molar-refractivity contribution in [1.29, 1.82) is 0 Å². The maximum Gasteiger partial charge on any atom is 0.243 e. The quantitative estimate of drug-likeness (QED) is 0.787. The lowest BCUT2D eigenvalue weighted by Crippen LogP contribution is -2.49. The number of hydrogen-bond acceptors (Lipinski definition) is 3. The summed E-state index contributed by atoms with van der Waals surface area (Å²) in [6.45, 7) is 6.01. The molecule has 1 aliphatic heterocycles. The molecule has 1 heterocycles. The second kappa shape index (κ2) is 6.28. The predicted molar refractivity (Wildman–Crippen MR) is 95.2 cm³/mol. The van der Waals surface area contributed by atoms with Gasteiger partial charge in [-0.3, -0.25) is 0 Å². The Morgan fingerprint density at radius 2 is 1.71 bits per heavy atom. The lowest BCUT2D eigenvalue weighted by molar-refractivity contribution is 0.156. The third kappa shape index (κ3) is 3.05. The number of fused-ring (bicyclic) bond motifs is 2. The molecule has 0 N–H and O–H groups in total. The number of benzene rings is 1. The van der Waals surface area contributed by atoms with Gasteiger partial charge in [-0.15, -0.1) is 0 Å². The van der Waals surface area contributed by atoms with Gasteiger partial charge in [-0.05, 0) is 49.7 Å². The smallest absolute Gasteiger partial charge is 0.243 e. The highest BCUT2D eigenvalue weighted by molar-refractivity contribution is 7.89. The zero-order valence-corrected chi connectivity index (χ0v) is 15.1. The Labute approximate surface area is 145 Å². The molecular weight excluding hydrogens is 320 g/mol. The molecule has 1 saturated carbocycles. The molecule has 4 nitrogen and oxygen atoms in total. The fourth-order valence-electron chi connectivity index (χ4n) is 4.45. The van der Waals surface area contributed by atoms with Gasteiger partial charge in [0.1, 0.15) is 0 Å². The van der Waals surface area contributed by atoms with Crippen molar-refractivity contribution in [3.63, 3.8) is 0 Å². The molecule has 0 radical (unpaired) electrons. The third-order valence-electron chi connectivity index (χ3n) is 5.90. The molecule has 1 aromatic rings. The molecule has 130 valence electrons. The Morgan fingerprint density at radius 1 is 1.00 bits per heavy atom. The first-order chi connectivity index (χ1) is 11.5. The summed E-state index contributed by atoms with van der Waals surface area (Å²) in [5.74, 6) is 2.35. The van der Waals surface area contributed by atoms with E-state index in [1.54, 1.807) is 16.4 Å². The number of aryl methyl sites for hydroxylation is 1. The van der Waals surface area contributed by atoms with Gasteiger partial charge in [-0.2, -0.15) is 4.31 Å². The van der Waals surface area contributed by atoms with E-state index in [0.717, 1.165) is 43.0 Å². The summed E-state index contributed by atoms with van der Waals surface area (Å²) in [6, 6.07) is 7.18. The topological polar surface area (TPSA) is 40.6 Å². The lowest BCUT2D eigenvalue weighted by atomic mass is 9.93. The molecule has 2 fully saturated rings. The van der Waals surface area contributed by atoms with Crippen LogP contribution in [0, 0.1) is 24.7 Å². The second-order valence-corrected chi connectivity index (χ2v) is 9.50. The minimum Gasteiger partial charge on any atom is -0.300 e. The molecule has 2 aliphatic carbocycles. The highest BCUT2D eigenvalue weighted by atomic mass is 32.2. The SMILES string of the molecule is Cc1ccc(S(=O)(=O)N2CCN(C[C@@H]3C[C@@H]4C=C[C@@H]3C4)CC2)cc1. The third-order valence-corrected chi connectivity index (χ3v) is 7.81. The molecule has 5 heteroatoms. The lowest BCUT2D eigenvalue weighted by Gasteiger charge is -2.36. The van der Waals surface area contributed by atoms with Gasteiger partial charge in [-0.1, -0.05) is 29.8 Å². The minimum absolute atomic E-state index is 0.416. The Kier molecular flexibility index (Phi) is 4.27. The number of rotatable bonds is 4. The second-order valence-electron chi connectivity index (χ2n) is 7.56. The molecule has 24 heavy (non-hydrogen) atoms. The van der Waals surface area contributed by atoms with E-state index < -0.39 is 10.0 Å². The first-order valence-corrected chi connectivity index (χ1v) is 10.4. The number of nitrogens with zero attached hydrogens (tertiary/aromatic N) is 2. The summed E-state index contributed by atoms with van der Waals surface area (Å²) in [4.78, 5) is 2.88. The van der Waals surface area contributed by atoms with Gasteiger partial charge in [0.05, 0.1) is 4.90 Å². The Hall–Kier alpha value is -1.17. The number of allylic oxidation sites excluding steroid dienone is 2. The maximum absolute atomic E-state index is 12.8. The molecule has 2 bridgehead atoms. The zero-order valence-electron chi connectivity index (χ0n) is 14.3. The van der Waals surface area contributed by atoms with E-state index in [-0.39, 0.29) is 0 Å². The van der Waals surface area contributed by atoms with Crippen LogP contribution in [0.5, 0.6) is 0 Å². The van der Waals surface area contributed by atoms with E-state index in [2.05, 4.69) is 17.1 Å². The van der Waals surface area contributed by atoms with Crippen LogP contribution in [0.2, 0.25) is 0 Å². The number of sulfonamides is 1. The van der Waals surface area contributed by atoms with Crippen molar-refractivity contribution in [1.82, 2.24) is 9.21 Å². The highest BCUT2D eigenvalue weighted by Crippen LogP contribution is 2.43. The van der Waals surface area contributed by atoms with Crippen molar-refractivity contribution in [2.24, 2.45) is 17.8 Å². The molecule has 0 unspecified atom stereocenters. The van der Waals surface area contributed by atoms with Crippen molar-refractivity contribution in [2.45, 2.75) is 24.7 Å². The summed E-state index contributed by atoms with van der Waals surface area (Å²) in [7, 11) is -3.34. The van der Waals surface area contributed by atoms with Crippen LogP contribution >= 0.6 is 0 Å². The van der Waals surface area contributed by atoms with Gasteiger partial charge in [0.2, 0.25) is 10.0 Å². The van der Waals surface area contributed by atoms with Crippen LogP contribution in [0.15, 0.2) is 41.3 Å². The molecule has 0 spiro atoms. The highest BCUT2D eigenvalue weighted by Gasteiger charge is 2.37. The standard InChI is InChI=1S/C19H26N2O2S/c1-15-2-6-19(7-3-15)24(22,23)21-10-8-20(9-11-21)14-18-13-16-4-5-17(18)12-16/h2-7,16-18H,8-14H2,1H3/t16-,17-,18+/m1/s1. The first kappa shape index (κ1) is 16.3. The van der Waals surface area contributed by atoms with Crippen LogP contribution in [0.1, 0.15) is 18.4 Å². The fraction of sp³-hybridized carbons (Fsp3) is 0.579. The van der Waals surface area contributed by atoms with E-state index in [1.807, 2.05) is 19.1 Å². The Balaban J connectivity index is 1.35. The van der Waals surface area contributed by atoms with Gasteiger partial charge in [0, 0.05) is 32.7 Å². The number of hydrogen-bond donors (Lipinski definition) is 0. The van der Waals surface area contributed by atoms with Gasteiger partial charge < -0.3 is 4.90 Å². The monoisotopic (exact) mass is 346 g/mol. The largest absolute Gasteiger partial charge is 0.300 e. The predicted octanol–water partition coefficient (Wildman–Crippen LogP) is 2.51. The van der Waals surface area contributed by atoms with Crippen LogP contribution in [-0.4, -0.2) is 50.3 Å². The van der Waals surface area contributed by atoms with Crippen molar-refractivity contribution in [3.05, 3.63) is 42.0 Å². The van der Waals surface area contributed by atoms with Gasteiger partial charge in [-0.25, -0.2) is 8.42 Å². The van der Waals surface area contributed by atoms with Gasteiger partial charge in [0.15, 0.2) is 0 Å². The van der Waals surface area contributed by atoms with Crippen LogP contribution in [-0.2, 0) is 10.0 Å². The molecule has 4 rings (SSSR count). The molecule has 3 atom stereocenters. The van der Waals surface area contributed by atoms with E-state index in [1.165, 1.54) is 12.8 Å². The molecule has 0 amide bonds. The van der Waals surface area contributed by atoms with Crippen molar-refractivity contribution in [3.8, 4) is 0 Å². The van der Waals surface area contributed by atoms with Crippen LogP contribution < -0.4 is 0 Å².